The number of aromatic nitrogens is 5. The number of nitrogens with zero attached hydrogens (tertiary/aromatic N) is 5. The largest absolute Gasteiger partial charge is 0.309 e. The van der Waals surface area contributed by atoms with Crippen molar-refractivity contribution in [2.75, 3.05) is 0 Å². The van der Waals surface area contributed by atoms with Crippen molar-refractivity contribution in [2.24, 2.45) is 0 Å². The predicted molar refractivity (Wildman–Crippen MR) is 217 cm³/mol. The van der Waals surface area contributed by atoms with Crippen LogP contribution in [0.15, 0.2) is 164 Å². The zero-order valence-corrected chi connectivity index (χ0v) is 29.3. The van der Waals surface area contributed by atoms with Crippen LogP contribution in [0.2, 0.25) is 0 Å². The normalized spacial score (nSPS) is 13.2. The summed E-state index contributed by atoms with van der Waals surface area (Å²) in [5.41, 5.74) is 12.6. The molecule has 0 atom stereocenters. The van der Waals surface area contributed by atoms with Gasteiger partial charge in [0.2, 0.25) is 5.95 Å². The Morgan fingerprint density at radius 3 is 1.62 bits per heavy atom. The first-order chi connectivity index (χ1) is 26.0. The molecule has 1 aliphatic carbocycles. The van der Waals surface area contributed by atoms with E-state index < -0.39 is 0 Å². The van der Waals surface area contributed by atoms with Crippen molar-refractivity contribution in [2.45, 2.75) is 19.3 Å². The summed E-state index contributed by atoms with van der Waals surface area (Å²) in [5.74, 6) is 1.87. The third-order valence-corrected chi connectivity index (χ3v) is 11.2. The number of benzene rings is 7. The van der Waals surface area contributed by atoms with E-state index in [1.165, 1.54) is 43.9 Å². The molecular formula is C48H33N5. The molecule has 10 aromatic rings. The zero-order chi connectivity index (χ0) is 35.3. The van der Waals surface area contributed by atoms with Crippen LogP contribution >= 0.6 is 0 Å². The number of para-hydroxylation sites is 2. The van der Waals surface area contributed by atoms with E-state index in [-0.39, 0.29) is 5.41 Å². The second-order valence-corrected chi connectivity index (χ2v) is 14.5. The molecule has 0 N–H and O–H groups in total. The fourth-order valence-corrected chi connectivity index (χ4v) is 8.64. The molecule has 11 rings (SSSR count). The molecule has 0 amide bonds. The lowest BCUT2D eigenvalue weighted by Crippen LogP contribution is -2.14. The molecule has 0 radical (unpaired) electrons. The zero-order valence-electron chi connectivity index (χ0n) is 29.3. The third kappa shape index (κ3) is 4.34. The molecule has 1 aliphatic rings. The minimum Gasteiger partial charge on any atom is -0.309 e. The van der Waals surface area contributed by atoms with E-state index in [1.807, 2.05) is 36.4 Å². The van der Waals surface area contributed by atoms with E-state index >= 15 is 0 Å². The van der Waals surface area contributed by atoms with E-state index in [1.54, 1.807) is 0 Å². The number of hydrogen-bond donors (Lipinski definition) is 0. The molecule has 0 aliphatic heterocycles. The Labute approximate surface area is 306 Å². The summed E-state index contributed by atoms with van der Waals surface area (Å²) in [6.45, 7) is 4.69. The van der Waals surface area contributed by atoms with Crippen LogP contribution in [0.4, 0.5) is 0 Å². The summed E-state index contributed by atoms with van der Waals surface area (Å²) >= 11 is 0. The number of rotatable bonds is 4. The SMILES string of the molecule is CC1(C)c2ccccc2-c2cc3c(cc21)c1cc2c(cc1n3-c1nc(-c3ccccc3)nc(-c3ccccc3)n1)c1ccccc1n2-c1ccccc1. The quantitative estimate of drug-likeness (QED) is 0.186. The lowest BCUT2D eigenvalue weighted by atomic mass is 9.82. The van der Waals surface area contributed by atoms with Crippen LogP contribution in [0.5, 0.6) is 0 Å². The van der Waals surface area contributed by atoms with Crippen molar-refractivity contribution in [1.29, 1.82) is 0 Å². The van der Waals surface area contributed by atoms with Crippen LogP contribution in [-0.2, 0) is 5.41 Å². The monoisotopic (exact) mass is 679 g/mol. The lowest BCUT2D eigenvalue weighted by molar-refractivity contribution is 0.661. The summed E-state index contributed by atoms with van der Waals surface area (Å²) in [5, 5.41) is 4.72. The van der Waals surface area contributed by atoms with Crippen molar-refractivity contribution in [3.63, 3.8) is 0 Å². The Morgan fingerprint density at radius 2 is 0.925 bits per heavy atom. The Kier molecular flexibility index (Phi) is 6.23. The molecule has 0 bridgehead atoms. The summed E-state index contributed by atoms with van der Waals surface area (Å²) < 4.78 is 4.66. The van der Waals surface area contributed by atoms with Gasteiger partial charge in [0, 0.05) is 43.8 Å². The van der Waals surface area contributed by atoms with E-state index in [2.05, 4.69) is 150 Å². The van der Waals surface area contributed by atoms with Crippen molar-refractivity contribution < 1.29 is 0 Å². The van der Waals surface area contributed by atoms with E-state index in [0.29, 0.717) is 17.6 Å². The molecule has 53 heavy (non-hydrogen) atoms. The highest BCUT2D eigenvalue weighted by Crippen LogP contribution is 2.51. The van der Waals surface area contributed by atoms with Crippen LogP contribution in [-0.4, -0.2) is 24.1 Å². The van der Waals surface area contributed by atoms with Crippen LogP contribution in [0.1, 0.15) is 25.0 Å². The van der Waals surface area contributed by atoms with Crippen molar-refractivity contribution in [1.82, 2.24) is 24.1 Å². The molecule has 7 aromatic carbocycles. The van der Waals surface area contributed by atoms with Gasteiger partial charge in [-0.25, -0.2) is 4.98 Å². The molecule has 3 heterocycles. The van der Waals surface area contributed by atoms with Gasteiger partial charge in [0.1, 0.15) is 0 Å². The van der Waals surface area contributed by atoms with Crippen LogP contribution < -0.4 is 0 Å². The Balaban J connectivity index is 1.30. The van der Waals surface area contributed by atoms with Crippen LogP contribution in [0.25, 0.3) is 89.2 Å². The van der Waals surface area contributed by atoms with Crippen molar-refractivity contribution in [3.8, 4) is 45.5 Å². The Bertz CT molecular complexity index is 3010. The Hall–Kier alpha value is -6.85. The molecule has 0 fully saturated rings. The molecular weight excluding hydrogens is 647 g/mol. The molecule has 0 unspecified atom stereocenters. The van der Waals surface area contributed by atoms with Crippen LogP contribution in [0.3, 0.4) is 0 Å². The fraction of sp³-hybridized carbons (Fsp3) is 0.0625. The van der Waals surface area contributed by atoms with E-state index in [9.17, 15) is 0 Å². The first kappa shape index (κ1) is 29.8. The summed E-state index contributed by atoms with van der Waals surface area (Å²) in [7, 11) is 0. The van der Waals surface area contributed by atoms with E-state index in [0.717, 1.165) is 38.8 Å². The van der Waals surface area contributed by atoms with Crippen LogP contribution in [0, 0.1) is 0 Å². The molecule has 5 nitrogen and oxygen atoms in total. The molecule has 0 spiro atoms. The maximum Gasteiger partial charge on any atom is 0.238 e. The molecule has 5 heteroatoms. The third-order valence-electron chi connectivity index (χ3n) is 11.2. The molecule has 3 aromatic heterocycles. The second-order valence-electron chi connectivity index (χ2n) is 14.5. The highest BCUT2D eigenvalue weighted by Gasteiger charge is 2.36. The predicted octanol–water partition coefficient (Wildman–Crippen LogP) is 11.7. The average Bonchev–Trinajstić information content (AvgIpc) is 3.79. The van der Waals surface area contributed by atoms with Gasteiger partial charge in [0.15, 0.2) is 11.6 Å². The van der Waals surface area contributed by atoms with Gasteiger partial charge in [-0.2, -0.15) is 9.97 Å². The van der Waals surface area contributed by atoms with Crippen molar-refractivity contribution >= 4 is 43.6 Å². The first-order valence-electron chi connectivity index (χ1n) is 18.1. The molecule has 0 saturated carbocycles. The summed E-state index contributed by atoms with van der Waals surface area (Å²) in [6, 6.07) is 58.2. The first-order valence-corrected chi connectivity index (χ1v) is 18.1. The maximum atomic E-state index is 5.27. The highest BCUT2D eigenvalue weighted by atomic mass is 15.2. The Morgan fingerprint density at radius 1 is 0.396 bits per heavy atom. The minimum atomic E-state index is -0.147. The average molecular weight is 680 g/mol. The van der Waals surface area contributed by atoms with Gasteiger partial charge < -0.3 is 4.57 Å². The van der Waals surface area contributed by atoms with E-state index in [4.69, 9.17) is 15.0 Å². The van der Waals surface area contributed by atoms with Gasteiger partial charge in [0.25, 0.3) is 0 Å². The van der Waals surface area contributed by atoms with Gasteiger partial charge >= 0.3 is 0 Å². The standard InChI is InChI=1S/C48H33N5/c1-48(2)39-24-14-12-22-33(39)35-27-43-36(26-40(35)48)38-29-42-37(34-23-13-15-25-41(34)52(42)32-20-10-5-11-21-32)28-44(38)53(43)47-50-45(30-16-6-3-7-17-30)49-46(51-47)31-18-8-4-9-19-31/h3-29H,1-2H3. The van der Waals surface area contributed by atoms with Crippen molar-refractivity contribution in [3.05, 3.63) is 175 Å². The van der Waals surface area contributed by atoms with Gasteiger partial charge in [-0.15, -0.1) is 0 Å². The van der Waals surface area contributed by atoms with Gasteiger partial charge in [-0.3, -0.25) is 4.57 Å². The topological polar surface area (TPSA) is 48.5 Å². The van der Waals surface area contributed by atoms with Gasteiger partial charge in [0.05, 0.1) is 22.1 Å². The van der Waals surface area contributed by atoms with Gasteiger partial charge in [-0.05, 0) is 64.7 Å². The number of hydrogen-bond acceptors (Lipinski definition) is 3. The lowest BCUT2D eigenvalue weighted by Gasteiger charge is -2.21. The summed E-state index contributed by atoms with van der Waals surface area (Å²) in [6.07, 6.45) is 0. The fourth-order valence-electron chi connectivity index (χ4n) is 8.64. The molecule has 250 valence electrons. The van der Waals surface area contributed by atoms with Gasteiger partial charge in [-0.1, -0.05) is 135 Å². The maximum absolute atomic E-state index is 5.27. The number of fused-ring (bicyclic) bond motifs is 9. The smallest absolute Gasteiger partial charge is 0.238 e. The summed E-state index contributed by atoms with van der Waals surface area (Å²) in [4.78, 5) is 15.6. The molecule has 0 saturated heterocycles. The second kappa shape index (κ2) is 11.1. The highest BCUT2D eigenvalue weighted by molar-refractivity contribution is 6.19. The minimum absolute atomic E-state index is 0.147.